The van der Waals surface area contributed by atoms with Crippen LogP contribution in [0.2, 0.25) is 0 Å². The highest BCUT2D eigenvalue weighted by atomic mass is 16.6. The minimum absolute atomic E-state index is 0.0789. The molecule has 0 saturated carbocycles. The molecule has 0 fully saturated rings. The molecular formula is C49H56N4O9. The Bertz CT molecular complexity index is 2080. The highest BCUT2D eigenvalue weighted by Crippen LogP contribution is 2.44. The lowest BCUT2D eigenvalue weighted by Crippen LogP contribution is -2.46. The Hall–Kier alpha value is -6.47. The quantitative estimate of drug-likeness (QED) is 0.0365. The molecule has 0 bridgehead atoms. The number of fused-ring (bicyclic) bond motifs is 3. The first-order valence-corrected chi connectivity index (χ1v) is 21.4. The minimum Gasteiger partial charge on any atom is -0.462 e. The van der Waals surface area contributed by atoms with Crippen LogP contribution >= 0.6 is 0 Å². The largest absolute Gasteiger partial charge is 0.462 e. The first kappa shape index (κ1) is 45.1. The summed E-state index contributed by atoms with van der Waals surface area (Å²) in [5, 5.41) is 21.4. The lowest BCUT2D eigenvalue weighted by Gasteiger charge is -2.24. The van der Waals surface area contributed by atoms with Crippen molar-refractivity contribution in [1.82, 2.24) is 21.3 Å². The van der Waals surface area contributed by atoms with Crippen LogP contribution < -0.4 is 21.3 Å². The number of ether oxygens (including phenoxy) is 3. The number of aliphatic hydroxyl groups excluding tert-OH is 1. The molecule has 13 nitrogen and oxygen atoms in total. The third kappa shape index (κ3) is 13.5. The van der Waals surface area contributed by atoms with Crippen LogP contribution in [0, 0.1) is 5.92 Å². The number of rotatable bonds is 16. The van der Waals surface area contributed by atoms with Crippen LogP contribution in [0.15, 0.2) is 121 Å². The van der Waals surface area contributed by atoms with Gasteiger partial charge in [0.1, 0.15) is 25.9 Å². The van der Waals surface area contributed by atoms with E-state index in [4.69, 9.17) is 14.2 Å². The molecule has 0 spiro atoms. The highest BCUT2D eigenvalue weighted by molar-refractivity contribution is 5.86. The molecule has 1 heterocycles. The summed E-state index contributed by atoms with van der Waals surface area (Å²) in [6, 6.07) is 32.7. The molecule has 4 amide bonds. The predicted molar refractivity (Wildman–Crippen MR) is 234 cm³/mol. The van der Waals surface area contributed by atoms with E-state index < -0.39 is 42.2 Å². The summed E-state index contributed by atoms with van der Waals surface area (Å²) in [7, 11) is 0. The zero-order chi connectivity index (χ0) is 43.5. The molecular weight excluding hydrogens is 789 g/mol. The molecule has 0 radical (unpaired) electrons. The van der Waals surface area contributed by atoms with Gasteiger partial charge in [0.2, 0.25) is 11.8 Å². The van der Waals surface area contributed by atoms with Crippen molar-refractivity contribution < 1.29 is 43.3 Å². The van der Waals surface area contributed by atoms with E-state index in [2.05, 4.69) is 33.4 Å². The van der Waals surface area contributed by atoms with Gasteiger partial charge < -0.3 is 40.6 Å². The van der Waals surface area contributed by atoms with Crippen LogP contribution in [0.3, 0.4) is 0 Å². The molecule has 4 atom stereocenters. The lowest BCUT2D eigenvalue weighted by atomic mass is 9.97. The molecule has 13 heteroatoms. The molecule has 5 N–H and O–H groups in total. The fourth-order valence-electron chi connectivity index (χ4n) is 7.81. The zero-order valence-corrected chi connectivity index (χ0v) is 34.8. The van der Waals surface area contributed by atoms with E-state index >= 15 is 0 Å². The number of carbonyl (C=O) groups is 5. The Morgan fingerprint density at radius 1 is 0.790 bits per heavy atom. The van der Waals surface area contributed by atoms with Crippen molar-refractivity contribution in [2.45, 2.75) is 82.0 Å². The van der Waals surface area contributed by atoms with Crippen molar-refractivity contribution in [1.29, 1.82) is 0 Å². The zero-order valence-electron chi connectivity index (χ0n) is 34.8. The number of alkyl carbamates (subject to hydrolysis) is 2. The number of carbonyl (C=O) groups excluding carboxylic acids is 5. The van der Waals surface area contributed by atoms with Gasteiger partial charge in [-0.25, -0.2) is 14.4 Å². The fraction of sp³-hybridized carbons (Fsp3) is 0.367. The van der Waals surface area contributed by atoms with Gasteiger partial charge in [-0.05, 0) is 78.3 Å². The van der Waals surface area contributed by atoms with E-state index in [9.17, 15) is 29.1 Å². The number of nitrogens with one attached hydrogen (secondary N) is 4. The number of cyclic esters (lactones) is 1. The lowest BCUT2D eigenvalue weighted by molar-refractivity contribution is -0.147. The third-order valence-corrected chi connectivity index (χ3v) is 11.1. The second-order valence-electron chi connectivity index (χ2n) is 15.7. The predicted octanol–water partition coefficient (Wildman–Crippen LogP) is 6.48. The summed E-state index contributed by atoms with van der Waals surface area (Å²) in [4.78, 5) is 66.3. The van der Waals surface area contributed by atoms with Crippen molar-refractivity contribution in [3.8, 4) is 11.1 Å². The van der Waals surface area contributed by atoms with Crippen LogP contribution in [-0.4, -0.2) is 79.6 Å². The monoisotopic (exact) mass is 844 g/mol. The average Bonchev–Trinajstić information content (AvgIpc) is 3.61. The van der Waals surface area contributed by atoms with Crippen LogP contribution in [0.4, 0.5) is 9.59 Å². The van der Waals surface area contributed by atoms with Crippen molar-refractivity contribution in [2.75, 3.05) is 26.4 Å². The molecule has 1 aliphatic carbocycles. The number of unbranched alkanes of at least 4 members (excludes halogenated alkanes) is 1. The van der Waals surface area contributed by atoms with Gasteiger partial charge in [-0.3, -0.25) is 9.59 Å². The maximum atomic E-state index is 13.8. The summed E-state index contributed by atoms with van der Waals surface area (Å²) in [5.74, 6) is -2.34. The number of allylic oxidation sites excluding steroid dienone is 2. The second-order valence-corrected chi connectivity index (χ2v) is 15.7. The first-order chi connectivity index (χ1) is 30.3. The van der Waals surface area contributed by atoms with Crippen molar-refractivity contribution in [2.24, 2.45) is 5.92 Å². The molecule has 0 aromatic heterocycles. The summed E-state index contributed by atoms with van der Waals surface area (Å²) in [5.41, 5.74) is 6.16. The molecule has 0 saturated heterocycles. The van der Waals surface area contributed by atoms with Crippen molar-refractivity contribution in [3.63, 3.8) is 0 Å². The van der Waals surface area contributed by atoms with Gasteiger partial charge in [0, 0.05) is 18.9 Å². The highest BCUT2D eigenvalue weighted by Gasteiger charge is 2.31. The molecule has 62 heavy (non-hydrogen) atoms. The molecule has 4 unspecified atom stereocenters. The number of amides is 4. The number of hydrogen-bond acceptors (Lipinski definition) is 9. The Balaban J connectivity index is 1.07. The van der Waals surface area contributed by atoms with Gasteiger partial charge >= 0.3 is 18.2 Å². The fourth-order valence-corrected chi connectivity index (χ4v) is 7.81. The van der Waals surface area contributed by atoms with Crippen molar-refractivity contribution >= 4 is 30.0 Å². The second kappa shape index (κ2) is 23.5. The Kier molecular flexibility index (Phi) is 17.1. The molecule has 326 valence electrons. The summed E-state index contributed by atoms with van der Waals surface area (Å²) in [6.07, 6.45) is 4.93. The minimum atomic E-state index is -1.03. The topological polar surface area (TPSA) is 181 Å². The Morgan fingerprint density at radius 2 is 1.45 bits per heavy atom. The van der Waals surface area contributed by atoms with E-state index in [0.29, 0.717) is 38.6 Å². The standard InChI is InChI=1S/C49H56N4O9/c54-30-38(28-34-16-4-1-5-17-34)51-45(55)29-36-20-8-3-9-26-44(53-49(59)62-33-43-41-24-12-10-22-39(41)40-23-11-13-25-42(40)43)47(57)60-32-37(52-46(36)56)21-14-15-27-50-48(58)61-31-35-18-6-2-7-19-35/h1-8,10-13,16-19,22-25,36-38,43-44,54H,9,14-15,20-21,26-33H2,(H,50,58)(H,51,55)(H,52,56)(H,53,59). The van der Waals surface area contributed by atoms with E-state index in [1.807, 2.05) is 103 Å². The third-order valence-electron chi connectivity index (χ3n) is 11.1. The molecule has 1 aliphatic heterocycles. The van der Waals surface area contributed by atoms with Crippen LogP contribution in [0.25, 0.3) is 11.1 Å². The van der Waals surface area contributed by atoms with E-state index in [-0.39, 0.29) is 63.4 Å². The van der Waals surface area contributed by atoms with Gasteiger partial charge in [0.15, 0.2) is 0 Å². The van der Waals surface area contributed by atoms with Gasteiger partial charge in [0.05, 0.1) is 24.6 Å². The maximum absolute atomic E-state index is 13.8. The van der Waals surface area contributed by atoms with E-state index in [1.165, 1.54) is 0 Å². The smallest absolute Gasteiger partial charge is 0.407 e. The molecule has 2 aliphatic rings. The molecule has 4 aromatic rings. The van der Waals surface area contributed by atoms with Crippen LogP contribution in [0.1, 0.15) is 73.1 Å². The van der Waals surface area contributed by atoms with Crippen molar-refractivity contribution in [3.05, 3.63) is 144 Å². The normalized spacial score (nSPS) is 18.2. The summed E-state index contributed by atoms with van der Waals surface area (Å²) < 4.78 is 16.8. The number of benzene rings is 4. The first-order valence-electron chi connectivity index (χ1n) is 21.4. The summed E-state index contributed by atoms with van der Waals surface area (Å²) >= 11 is 0. The van der Waals surface area contributed by atoms with Gasteiger partial charge in [-0.2, -0.15) is 0 Å². The summed E-state index contributed by atoms with van der Waals surface area (Å²) in [6.45, 7) is 0.0926. The Labute approximate surface area is 362 Å². The van der Waals surface area contributed by atoms with Gasteiger partial charge in [-0.1, -0.05) is 121 Å². The van der Waals surface area contributed by atoms with Crippen LogP contribution in [-0.2, 0) is 41.6 Å². The molecule has 6 rings (SSSR count). The number of esters is 1. The number of hydrogen-bond donors (Lipinski definition) is 5. The maximum Gasteiger partial charge on any atom is 0.407 e. The number of aliphatic hydroxyl groups is 1. The Morgan fingerprint density at radius 3 is 2.15 bits per heavy atom. The SMILES string of the molecule is O=C(CC1CC=CCCC(NC(=O)OCC2c3ccccc3-c3ccccc32)C(=O)OCC(CCCCNC(=O)OCc2ccccc2)NC1=O)NC(CO)Cc1ccccc1. The van der Waals surface area contributed by atoms with Gasteiger partial charge in [0.25, 0.3) is 0 Å². The van der Waals surface area contributed by atoms with E-state index in [1.54, 1.807) is 6.08 Å². The van der Waals surface area contributed by atoms with Crippen LogP contribution in [0.5, 0.6) is 0 Å². The van der Waals surface area contributed by atoms with Gasteiger partial charge in [-0.15, -0.1) is 0 Å². The average molecular weight is 845 g/mol. The van der Waals surface area contributed by atoms with E-state index in [0.717, 1.165) is 33.4 Å². The molecule has 4 aromatic carbocycles.